The zero-order valence-corrected chi connectivity index (χ0v) is 8.95. The molecular formula is C10H11BrO2. The topological polar surface area (TPSA) is 26.3 Å². The maximum atomic E-state index is 11.3. The van der Waals surface area contributed by atoms with Gasteiger partial charge < -0.3 is 4.74 Å². The van der Waals surface area contributed by atoms with Gasteiger partial charge in [0, 0.05) is 0 Å². The normalized spacial score (nSPS) is 12.2. The molecule has 0 fully saturated rings. The molecule has 0 aromatic heterocycles. The van der Waals surface area contributed by atoms with Gasteiger partial charge in [0.05, 0.1) is 0 Å². The van der Waals surface area contributed by atoms with E-state index in [0.717, 1.165) is 6.42 Å². The van der Waals surface area contributed by atoms with Crippen LogP contribution in [0.15, 0.2) is 30.3 Å². The number of ether oxygens (including phenoxy) is 1. The number of hydrogen-bond donors (Lipinski definition) is 0. The van der Waals surface area contributed by atoms with Crippen LogP contribution in [0.4, 0.5) is 0 Å². The van der Waals surface area contributed by atoms with Gasteiger partial charge >= 0.3 is 5.97 Å². The Labute approximate surface area is 86.0 Å². The van der Waals surface area contributed by atoms with E-state index in [-0.39, 0.29) is 10.8 Å². The van der Waals surface area contributed by atoms with Gasteiger partial charge in [-0.3, -0.25) is 4.79 Å². The summed E-state index contributed by atoms with van der Waals surface area (Å²) < 4.78 is 5.08. The Balaban J connectivity index is 2.55. The van der Waals surface area contributed by atoms with Crippen LogP contribution in [0.1, 0.15) is 13.3 Å². The summed E-state index contributed by atoms with van der Waals surface area (Å²) in [6.07, 6.45) is 0.728. The van der Waals surface area contributed by atoms with Crippen LogP contribution < -0.4 is 4.74 Å². The van der Waals surface area contributed by atoms with Gasteiger partial charge in [-0.15, -0.1) is 0 Å². The average Bonchev–Trinajstić information content (AvgIpc) is 2.18. The molecule has 1 atom stereocenters. The molecule has 0 spiro atoms. The summed E-state index contributed by atoms with van der Waals surface area (Å²) in [5, 5.41) is 0. The molecule has 70 valence electrons. The summed E-state index contributed by atoms with van der Waals surface area (Å²) >= 11 is 3.23. The Bertz CT molecular complexity index is 272. The van der Waals surface area contributed by atoms with Crippen LogP contribution in [0, 0.1) is 0 Å². The van der Waals surface area contributed by atoms with Crippen LogP contribution in [0.2, 0.25) is 0 Å². The highest BCUT2D eigenvalue weighted by Gasteiger charge is 2.14. The first-order valence-corrected chi connectivity index (χ1v) is 5.06. The van der Waals surface area contributed by atoms with Crippen molar-refractivity contribution >= 4 is 21.9 Å². The predicted octanol–water partition coefficient (Wildman–Crippen LogP) is 2.77. The first-order chi connectivity index (χ1) is 6.24. The number of hydrogen-bond acceptors (Lipinski definition) is 2. The molecule has 0 unspecified atom stereocenters. The van der Waals surface area contributed by atoms with Crippen molar-refractivity contribution in [1.82, 2.24) is 0 Å². The Hall–Kier alpha value is -0.830. The van der Waals surface area contributed by atoms with Gasteiger partial charge in [0.15, 0.2) is 0 Å². The second-order valence-corrected chi connectivity index (χ2v) is 3.72. The molecule has 0 saturated carbocycles. The van der Waals surface area contributed by atoms with E-state index in [0.29, 0.717) is 5.75 Å². The predicted molar refractivity (Wildman–Crippen MR) is 55.1 cm³/mol. The molecule has 0 bridgehead atoms. The van der Waals surface area contributed by atoms with Gasteiger partial charge in [-0.25, -0.2) is 0 Å². The molecule has 0 N–H and O–H groups in total. The molecule has 1 aromatic carbocycles. The van der Waals surface area contributed by atoms with Gasteiger partial charge in [-0.2, -0.15) is 0 Å². The number of benzene rings is 1. The minimum atomic E-state index is -0.242. The fourth-order valence-electron chi connectivity index (χ4n) is 0.835. The lowest BCUT2D eigenvalue weighted by molar-refractivity contribution is -0.133. The number of halogens is 1. The Morgan fingerprint density at radius 2 is 2.08 bits per heavy atom. The maximum Gasteiger partial charge on any atom is 0.325 e. The van der Waals surface area contributed by atoms with E-state index < -0.39 is 0 Å². The van der Waals surface area contributed by atoms with Crippen molar-refractivity contribution in [1.29, 1.82) is 0 Å². The number of esters is 1. The molecule has 2 nitrogen and oxygen atoms in total. The van der Waals surface area contributed by atoms with E-state index in [1.807, 2.05) is 25.1 Å². The van der Waals surface area contributed by atoms with Crippen molar-refractivity contribution in [2.45, 2.75) is 18.2 Å². The fourth-order valence-corrected chi connectivity index (χ4v) is 0.929. The molecule has 0 aliphatic heterocycles. The summed E-state index contributed by atoms with van der Waals surface area (Å²) in [6.45, 7) is 1.92. The number of para-hydroxylation sites is 1. The third-order valence-corrected chi connectivity index (χ3v) is 2.60. The first kappa shape index (κ1) is 10.3. The number of carbonyl (C=O) groups excluding carboxylic acids is 1. The Kier molecular flexibility index (Phi) is 3.96. The Morgan fingerprint density at radius 1 is 1.46 bits per heavy atom. The monoisotopic (exact) mass is 242 g/mol. The highest BCUT2D eigenvalue weighted by Crippen LogP contribution is 2.13. The fraction of sp³-hybridized carbons (Fsp3) is 0.300. The van der Waals surface area contributed by atoms with Gasteiger partial charge in [-0.05, 0) is 18.6 Å². The number of alkyl halides is 1. The third-order valence-electron chi connectivity index (χ3n) is 1.58. The van der Waals surface area contributed by atoms with Gasteiger partial charge in [0.25, 0.3) is 0 Å². The van der Waals surface area contributed by atoms with Crippen LogP contribution in [-0.2, 0) is 4.79 Å². The van der Waals surface area contributed by atoms with E-state index in [9.17, 15) is 4.79 Å². The molecule has 0 aliphatic carbocycles. The van der Waals surface area contributed by atoms with Gasteiger partial charge in [-0.1, -0.05) is 41.1 Å². The van der Waals surface area contributed by atoms with Crippen LogP contribution >= 0.6 is 15.9 Å². The number of carbonyl (C=O) groups is 1. The van der Waals surface area contributed by atoms with Crippen LogP contribution in [0.25, 0.3) is 0 Å². The SMILES string of the molecule is CC[C@H](Br)C(=O)Oc1ccccc1. The van der Waals surface area contributed by atoms with Crippen molar-refractivity contribution < 1.29 is 9.53 Å². The van der Waals surface area contributed by atoms with Crippen LogP contribution in [0.3, 0.4) is 0 Å². The quantitative estimate of drug-likeness (QED) is 0.463. The van der Waals surface area contributed by atoms with Crippen molar-refractivity contribution in [3.63, 3.8) is 0 Å². The number of rotatable bonds is 3. The van der Waals surface area contributed by atoms with E-state index in [4.69, 9.17) is 4.74 Å². The summed E-state index contributed by atoms with van der Waals surface area (Å²) in [7, 11) is 0. The van der Waals surface area contributed by atoms with Gasteiger partial charge in [0.2, 0.25) is 0 Å². The average molecular weight is 243 g/mol. The van der Waals surface area contributed by atoms with Crippen LogP contribution in [0.5, 0.6) is 5.75 Å². The lowest BCUT2D eigenvalue weighted by atomic mass is 10.3. The van der Waals surface area contributed by atoms with Crippen molar-refractivity contribution in [3.05, 3.63) is 30.3 Å². The maximum absolute atomic E-state index is 11.3. The lowest BCUT2D eigenvalue weighted by Crippen LogP contribution is -2.19. The van der Waals surface area contributed by atoms with E-state index in [1.165, 1.54) is 0 Å². The molecule has 1 rings (SSSR count). The van der Waals surface area contributed by atoms with E-state index >= 15 is 0 Å². The highest BCUT2D eigenvalue weighted by atomic mass is 79.9. The minimum absolute atomic E-state index is 0.215. The standard InChI is InChI=1S/C10H11BrO2/c1-2-9(11)10(12)13-8-6-4-3-5-7-8/h3-7,9H,2H2,1H3/t9-/m0/s1. The molecule has 0 radical (unpaired) electrons. The van der Waals surface area contributed by atoms with Crippen LogP contribution in [-0.4, -0.2) is 10.8 Å². The van der Waals surface area contributed by atoms with Crippen molar-refractivity contribution in [2.75, 3.05) is 0 Å². The molecule has 0 saturated heterocycles. The highest BCUT2D eigenvalue weighted by molar-refractivity contribution is 9.10. The summed E-state index contributed by atoms with van der Waals surface area (Å²) in [6, 6.07) is 9.05. The smallest absolute Gasteiger partial charge is 0.325 e. The van der Waals surface area contributed by atoms with Crippen molar-refractivity contribution in [2.24, 2.45) is 0 Å². The van der Waals surface area contributed by atoms with Gasteiger partial charge in [0.1, 0.15) is 10.6 Å². The molecule has 0 heterocycles. The minimum Gasteiger partial charge on any atom is -0.426 e. The molecule has 1 aromatic rings. The zero-order chi connectivity index (χ0) is 9.68. The first-order valence-electron chi connectivity index (χ1n) is 4.15. The summed E-state index contributed by atoms with van der Waals surface area (Å²) in [4.78, 5) is 11.1. The van der Waals surface area contributed by atoms with Crippen molar-refractivity contribution in [3.8, 4) is 5.75 Å². The molecule has 13 heavy (non-hydrogen) atoms. The molecular weight excluding hydrogens is 232 g/mol. The molecule has 3 heteroatoms. The van der Waals surface area contributed by atoms with E-state index in [2.05, 4.69) is 15.9 Å². The summed E-state index contributed by atoms with van der Waals surface area (Å²) in [5.41, 5.74) is 0. The molecule has 0 aliphatic rings. The second kappa shape index (κ2) is 5.02. The zero-order valence-electron chi connectivity index (χ0n) is 7.37. The summed E-state index contributed by atoms with van der Waals surface area (Å²) in [5.74, 6) is 0.346. The van der Waals surface area contributed by atoms with E-state index in [1.54, 1.807) is 12.1 Å². The largest absolute Gasteiger partial charge is 0.426 e. The third kappa shape index (κ3) is 3.19. The second-order valence-electron chi connectivity index (χ2n) is 2.61. The Morgan fingerprint density at radius 3 is 2.62 bits per heavy atom. The molecule has 0 amide bonds. The lowest BCUT2D eigenvalue weighted by Gasteiger charge is -2.06.